The Balaban J connectivity index is 1.51. The number of aromatic nitrogens is 1. The largest absolute Gasteiger partial charge is 0.357 e. The Kier molecular flexibility index (Phi) is 4.54. The molecule has 0 radical (unpaired) electrons. The Morgan fingerprint density at radius 1 is 1.00 bits per heavy atom. The van der Waals surface area contributed by atoms with Crippen molar-refractivity contribution in [1.29, 1.82) is 0 Å². The number of para-hydroxylation sites is 1. The van der Waals surface area contributed by atoms with Gasteiger partial charge in [0.05, 0.1) is 0 Å². The molecule has 3 rings (SSSR count). The van der Waals surface area contributed by atoms with E-state index in [0.717, 1.165) is 16.5 Å². The second-order valence-electron chi connectivity index (χ2n) is 5.02. The van der Waals surface area contributed by atoms with E-state index >= 15 is 0 Å². The molecule has 0 spiro atoms. The van der Waals surface area contributed by atoms with Crippen molar-refractivity contribution in [2.24, 2.45) is 0 Å². The number of hydrogen-bond donors (Lipinski definition) is 4. The van der Waals surface area contributed by atoms with Crippen LogP contribution in [-0.2, 0) is 6.54 Å². The second kappa shape index (κ2) is 6.93. The van der Waals surface area contributed by atoms with Crippen LogP contribution in [0.2, 0.25) is 0 Å². The van der Waals surface area contributed by atoms with Crippen molar-refractivity contribution < 1.29 is 4.79 Å². The van der Waals surface area contributed by atoms with Gasteiger partial charge in [-0.05, 0) is 29.9 Å². The molecule has 6 heteroatoms. The lowest BCUT2D eigenvalue weighted by atomic mass is 10.2. The van der Waals surface area contributed by atoms with Gasteiger partial charge in [0.15, 0.2) is 5.11 Å². The van der Waals surface area contributed by atoms with Gasteiger partial charge in [-0.3, -0.25) is 15.6 Å². The van der Waals surface area contributed by atoms with E-state index in [0.29, 0.717) is 17.4 Å². The third-order valence-corrected chi connectivity index (χ3v) is 3.61. The lowest BCUT2D eigenvalue weighted by Gasteiger charge is -2.11. The topological polar surface area (TPSA) is 69.0 Å². The number of hydrazine groups is 1. The fourth-order valence-corrected chi connectivity index (χ4v) is 2.32. The highest BCUT2D eigenvalue weighted by atomic mass is 32.1. The highest BCUT2D eigenvalue weighted by molar-refractivity contribution is 7.80. The molecule has 0 saturated heterocycles. The summed E-state index contributed by atoms with van der Waals surface area (Å²) in [6.45, 7) is 0.592. The molecule has 1 heterocycles. The second-order valence-corrected chi connectivity index (χ2v) is 5.43. The van der Waals surface area contributed by atoms with Crippen molar-refractivity contribution in [1.82, 2.24) is 21.2 Å². The standard InChI is InChI=1S/C17H16N4OS/c22-16(15-10-13-8-4-5-9-14(13)19-15)20-21-17(23)18-11-12-6-2-1-3-7-12/h1-10,19H,11H2,(H,20,22)(H2,18,21,23). The molecule has 1 aromatic heterocycles. The molecule has 0 aliphatic rings. The maximum absolute atomic E-state index is 12.1. The summed E-state index contributed by atoms with van der Waals surface area (Å²) in [6, 6.07) is 19.4. The first kappa shape index (κ1) is 15.1. The number of aromatic amines is 1. The zero-order chi connectivity index (χ0) is 16.1. The predicted octanol–water partition coefficient (Wildman–Crippen LogP) is 2.48. The first-order chi connectivity index (χ1) is 11.2. The van der Waals surface area contributed by atoms with Gasteiger partial charge in [-0.1, -0.05) is 48.5 Å². The number of thiocarbonyl (C=S) groups is 1. The summed E-state index contributed by atoms with van der Waals surface area (Å²) in [5, 5.41) is 4.38. The number of benzene rings is 2. The fraction of sp³-hybridized carbons (Fsp3) is 0.0588. The molecule has 0 fully saturated rings. The molecular weight excluding hydrogens is 308 g/mol. The molecule has 3 aromatic rings. The lowest BCUT2D eigenvalue weighted by Crippen LogP contribution is -2.46. The minimum Gasteiger partial charge on any atom is -0.357 e. The molecule has 0 unspecified atom stereocenters. The molecule has 0 aliphatic carbocycles. The SMILES string of the molecule is O=C(NNC(=S)NCc1ccccc1)c1cc2ccccc2[nH]1. The van der Waals surface area contributed by atoms with Gasteiger partial charge >= 0.3 is 0 Å². The van der Waals surface area contributed by atoms with Crippen molar-refractivity contribution in [3.63, 3.8) is 0 Å². The Labute approximate surface area is 139 Å². The summed E-state index contributed by atoms with van der Waals surface area (Å²) in [7, 11) is 0. The molecule has 0 saturated carbocycles. The van der Waals surface area contributed by atoms with E-state index in [1.165, 1.54) is 0 Å². The lowest BCUT2D eigenvalue weighted by molar-refractivity contribution is 0.0939. The number of fused-ring (bicyclic) bond motifs is 1. The fourth-order valence-electron chi connectivity index (χ4n) is 2.20. The van der Waals surface area contributed by atoms with Crippen molar-refractivity contribution in [3.05, 3.63) is 71.9 Å². The Morgan fingerprint density at radius 2 is 1.74 bits per heavy atom. The summed E-state index contributed by atoms with van der Waals surface area (Å²) < 4.78 is 0. The highest BCUT2D eigenvalue weighted by Crippen LogP contribution is 2.14. The zero-order valence-corrected chi connectivity index (χ0v) is 13.1. The van der Waals surface area contributed by atoms with Gasteiger partial charge in [0, 0.05) is 17.4 Å². The smallest absolute Gasteiger partial charge is 0.286 e. The van der Waals surface area contributed by atoms with Crippen molar-refractivity contribution in [3.8, 4) is 0 Å². The number of rotatable bonds is 3. The predicted molar refractivity (Wildman–Crippen MR) is 94.8 cm³/mol. The Bertz CT molecular complexity index is 796. The summed E-state index contributed by atoms with van der Waals surface area (Å²) in [4.78, 5) is 15.2. The van der Waals surface area contributed by atoms with Gasteiger partial charge in [0.1, 0.15) is 5.69 Å². The van der Waals surface area contributed by atoms with E-state index in [4.69, 9.17) is 12.2 Å². The number of hydrogen-bond acceptors (Lipinski definition) is 2. The van der Waals surface area contributed by atoms with E-state index < -0.39 is 0 Å². The van der Waals surface area contributed by atoms with Crippen LogP contribution in [0.4, 0.5) is 0 Å². The van der Waals surface area contributed by atoms with Gasteiger partial charge in [0.25, 0.3) is 5.91 Å². The molecule has 0 atom stereocenters. The Hall–Kier alpha value is -2.86. The third-order valence-electron chi connectivity index (χ3n) is 3.36. The van der Waals surface area contributed by atoms with Gasteiger partial charge in [0.2, 0.25) is 0 Å². The average molecular weight is 324 g/mol. The molecule has 4 N–H and O–H groups in total. The number of carbonyl (C=O) groups is 1. The van der Waals surface area contributed by atoms with Crippen LogP contribution in [0.25, 0.3) is 10.9 Å². The van der Waals surface area contributed by atoms with E-state index in [9.17, 15) is 4.79 Å². The molecule has 23 heavy (non-hydrogen) atoms. The third kappa shape index (κ3) is 3.87. The minimum absolute atomic E-state index is 0.273. The van der Waals surface area contributed by atoms with Crippen LogP contribution < -0.4 is 16.2 Å². The van der Waals surface area contributed by atoms with Crippen LogP contribution in [0.5, 0.6) is 0 Å². The average Bonchev–Trinajstić information content (AvgIpc) is 3.03. The Morgan fingerprint density at radius 3 is 2.52 bits per heavy atom. The van der Waals surface area contributed by atoms with Crippen LogP contribution in [0.3, 0.4) is 0 Å². The molecule has 1 amide bonds. The van der Waals surface area contributed by atoms with Gasteiger partial charge in [-0.15, -0.1) is 0 Å². The van der Waals surface area contributed by atoms with Crippen molar-refractivity contribution >= 4 is 34.1 Å². The molecule has 0 aliphatic heterocycles. The number of nitrogens with one attached hydrogen (secondary N) is 4. The maximum Gasteiger partial charge on any atom is 0.286 e. The molecule has 116 valence electrons. The van der Waals surface area contributed by atoms with Crippen molar-refractivity contribution in [2.45, 2.75) is 6.54 Å². The molecule has 2 aromatic carbocycles. The summed E-state index contributed by atoms with van der Waals surface area (Å²) >= 11 is 5.14. The van der Waals surface area contributed by atoms with Crippen LogP contribution in [-0.4, -0.2) is 16.0 Å². The van der Waals surface area contributed by atoms with Crippen LogP contribution in [0.1, 0.15) is 16.1 Å². The van der Waals surface area contributed by atoms with E-state index in [2.05, 4.69) is 21.2 Å². The van der Waals surface area contributed by atoms with Gasteiger partial charge < -0.3 is 10.3 Å². The van der Waals surface area contributed by atoms with E-state index in [1.807, 2.05) is 54.6 Å². The highest BCUT2D eigenvalue weighted by Gasteiger charge is 2.09. The van der Waals surface area contributed by atoms with E-state index in [1.54, 1.807) is 6.07 Å². The van der Waals surface area contributed by atoms with E-state index in [-0.39, 0.29) is 5.91 Å². The molecule has 0 bridgehead atoms. The van der Waals surface area contributed by atoms with Gasteiger partial charge in [-0.25, -0.2) is 0 Å². The number of amides is 1. The van der Waals surface area contributed by atoms with Crippen LogP contribution in [0, 0.1) is 0 Å². The summed E-state index contributed by atoms with van der Waals surface area (Å²) in [5.41, 5.74) is 7.77. The zero-order valence-electron chi connectivity index (χ0n) is 12.3. The first-order valence-corrected chi connectivity index (χ1v) is 7.59. The number of H-pyrrole nitrogens is 1. The van der Waals surface area contributed by atoms with Gasteiger partial charge in [-0.2, -0.15) is 0 Å². The molecular formula is C17H16N4OS. The summed E-state index contributed by atoms with van der Waals surface area (Å²) in [6.07, 6.45) is 0. The van der Waals surface area contributed by atoms with Crippen molar-refractivity contribution in [2.75, 3.05) is 0 Å². The molecule has 5 nitrogen and oxygen atoms in total. The quantitative estimate of drug-likeness (QED) is 0.441. The summed E-state index contributed by atoms with van der Waals surface area (Å²) in [5.74, 6) is -0.273. The normalized spacial score (nSPS) is 10.3. The minimum atomic E-state index is -0.273. The van der Waals surface area contributed by atoms with Crippen LogP contribution >= 0.6 is 12.2 Å². The van der Waals surface area contributed by atoms with Crippen LogP contribution in [0.15, 0.2) is 60.7 Å². The first-order valence-electron chi connectivity index (χ1n) is 7.18. The monoisotopic (exact) mass is 324 g/mol. The maximum atomic E-state index is 12.1. The number of carbonyl (C=O) groups excluding carboxylic acids is 1.